The molecule has 2 aromatic heterocycles. The van der Waals surface area contributed by atoms with E-state index in [2.05, 4.69) is 54.7 Å². The highest BCUT2D eigenvalue weighted by Crippen LogP contribution is 2.28. The third kappa shape index (κ3) is 5.72. The third-order valence-corrected chi connectivity index (χ3v) is 7.11. The van der Waals surface area contributed by atoms with Crippen molar-refractivity contribution in [3.63, 3.8) is 0 Å². The first-order chi connectivity index (χ1) is 18.0. The number of aryl methyl sites for hydroxylation is 1. The van der Waals surface area contributed by atoms with Gasteiger partial charge in [-0.1, -0.05) is 38.1 Å². The largest absolute Gasteiger partial charge is 0.479 e. The second-order valence-electron chi connectivity index (χ2n) is 10.1. The van der Waals surface area contributed by atoms with E-state index < -0.39 is 12.1 Å². The molecule has 4 aromatic rings. The molecule has 0 saturated carbocycles. The van der Waals surface area contributed by atoms with Crippen LogP contribution in [0.1, 0.15) is 78.0 Å². The van der Waals surface area contributed by atoms with Gasteiger partial charge in [0.2, 0.25) is 5.88 Å². The molecule has 198 valence electrons. The molecule has 7 nitrogen and oxygen atoms in total. The molecule has 0 bridgehead atoms. The van der Waals surface area contributed by atoms with E-state index in [9.17, 15) is 9.59 Å². The molecule has 0 aliphatic heterocycles. The third-order valence-electron chi connectivity index (χ3n) is 7.11. The van der Waals surface area contributed by atoms with E-state index >= 15 is 0 Å². The molecule has 0 spiro atoms. The van der Waals surface area contributed by atoms with Gasteiger partial charge in [0.25, 0.3) is 5.91 Å². The fourth-order valence-electron chi connectivity index (χ4n) is 4.57. The highest BCUT2D eigenvalue weighted by molar-refractivity contribution is 5.99. The van der Waals surface area contributed by atoms with Crippen molar-refractivity contribution in [1.82, 2.24) is 14.9 Å². The quantitative estimate of drug-likeness (QED) is 0.279. The molecule has 0 aliphatic carbocycles. The van der Waals surface area contributed by atoms with Gasteiger partial charge in [0.15, 0.2) is 6.10 Å². The number of rotatable bonds is 9. The number of carbonyl (C=O) groups excluding carboxylic acids is 1. The van der Waals surface area contributed by atoms with Crippen molar-refractivity contribution in [2.24, 2.45) is 0 Å². The zero-order valence-corrected chi connectivity index (χ0v) is 22.8. The topological polar surface area (TPSA) is 93.5 Å². The van der Waals surface area contributed by atoms with Crippen molar-refractivity contribution in [2.45, 2.75) is 66.2 Å². The van der Waals surface area contributed by atoms with Gasteiger partial charge in [-0.2, -0.15) is 0 Å². The van der Waals surface area contributed by atoms with Crippen LogP contribution >= 0.6 is 0 Å². The number of carboxylic acid groups (broad SMARTS) is 1. The number of amides is 1. The number of hydrogen-bond acceptors (Lipinski definition) is 4. The predicted molar refractivity (Wildman–Crippen MR) is 149 cm³/mol. The van der Waals surface area contributed by atoms with Crippen LogP contribution in [0.2, 0.25) is 0 Å². The van der Waals surface area contributed by atoms with Crippen LogP contribution in [-0.2, 0) is 11.3 Å². The molecule has 38 heavy (non-hydrogen) atoms. The Morgan fingerprint density at radius 3 is 2.45 bits per heavy atom. The zero-order valence-electron chi connectivity index (χ0n) is 22.8. The van der Waals surface area contributed by atoms with Crippen molar-refractivity contribution in [1.29, 1.82) is 0 Å². The first-order valence-corrected chi connectivity index (χ1v) is 12.9. The Balaban J connectivity index is 1.56. The second-order valence-corrected chi connectivity index (χ2v) is 10.1. The van der Waals surface area contributed by atoms with Crippen molar-refractivity contribution < 1.29 is 19.4 Å². The Kier molecular flexibility index (Phi) is 7.86. The number of benzene rings is 2. The lowest BCUT2D eigenvalue weighted by atomic mass is 9.98. The van der Waals surface area contributed by atoms with Crippen LogP contribution in [0.15, 0.2) is 60.8 Å². The van der Waals surface area contributed by atoms with Crippen LogP contribution in [0.4, 0.5) is 0 Å². The fourth-order valence-corrected chi connectivity index (χ4v) is 4.57. The molecule has 2 N–H and O–H groups in total. The summed E-state index contributed by atoms with van der Waals surface area (Å²) in [6.07, 6.45) is 0.633. The molecular formula is C31H35N3O4. The molecule has 2 atom stereocenters. The average Bonchev–Trinajstić information content (AvgIpc) is 3.13. The van der Waals surface area contributed by atoms with Gasteiger partial charge in [-0.05, 0) is 80.1 Å². The van der Waals surface area contributed by atoms with Gasteiger partial charge in [0, 0.05) is 41.0 Å². The average molecular weight is 514 g/mol. The number of aliphatic carboxylic acids is 1. The Hall–Kier alpha value is -4.13. The van der Waals surface area contributed by atoms with Gasteiger partial charge < -0.3 is 19.7 Å². The summed E-state index contributed by atoms with van der Waals surface area (Å²) in [7, 11) is 0. The van der Waals surface area contributed by atoms with Gasteiger partial charge in [-0.3, -0.25) is 4.79 Å². The van der Waals surface area contributed by atoms with E-state index in [0.29, 0.717) is 18.0 Å². The van der Waals surface area contributed by atoms with Gasteiger partial charge in [-0.25, -0.2) is 9.78 Å². The fraction of sp³-hybridized carbons (Fsp3) is 0.323. The van der Waals surface area contributed by atoms with E-state index in [1.807, 2.05) is 43.3 Å². The molecule has 0 fully saturated rings. The normalized spacial score (nSPS) is 12.9. The number of ether oxygens (including phenoxy) is 1. The summed E-state index contributed by atoms with van der Waals surface area (Å²) in [5.41, 5.74) is 7.11. The molecule has 7 heteroatoms. The Morgan fingerprint density at radius 2 is 1.74 bits per heavy atom. The second kappa shape index (κ2) is 11.1. The van der Waals surface area contributed by atoms with Gasteiger partial charge in [0.05, 0.1) is 6.04 Å². The van der Waals surface area contributed by atoms with Crippen molar-refractivity contribution in [3.05, 3.63) is 94.3 Å². The van der Waals surface area contributed by atoms with Crippen molar-refractivity contribution >= 4 is 22.8 Å². The Labute approximate surface area is 223 Å². The maximum absolute atomic E-state index is 13.2. The van der Waals surface area contributed by atoms with Gasteiger partial charge >= 0.3 is 5.97 Å². The van der Waals surface area contributed by atoms with E-state index in [-0.39, 0.29) is 17.8 Å². The SMILES string of the molecule is Cc1c(C)n(Cc2ccnc(OC(C)C(=O)O)c2)c2ccc(C(=O)N[C@@H](C)c3cccc(C(C)C)c3)cc12. The lowest BCUT2D eigenvalue weighted by molar-refractivity contribution is -0.144. The molecule has 2 heterocycles. The minimum Gasteiger partial charge on any atom is -0.479 e. The van der Waals surface area contributed by atoms with Gasteiger partial charge in [-0.15, -0.1) is 0 Å². The molecule has 2 aromatic carbocycles. The number of hydrogen-bond donors (Lipinski definition) is 2. The maximum Gasteiger partial charge on any atom is 0.344 e. The van der Waals surface area contributed by atoms with E-state index in [0.717, 1.165) is 33.3 Å². The molecule has 0 radical (unpaired) electrons. The number of pyridine rings is 1. The first kappa shape index (κ1) is 26.9. The number of nitrogens with zero attached hydrogens (tertiary/aromatic N) is 2. The highest BCUT2D eigenvalue weighted by atomic mass is 16.5. The zero-order chi connectivity index (χ0) is 27.6. The van der Waals surface area contributed by atoms with Crippen LogP contribution in [-0.4, -0.2) is 32.6 Å². The predicted octanol–water partition coefficient (Wildman–Crippen LogP) is 6.17. The standard InChI is InChI=1S/C31H35N3O4/c1-18(2)24-8-7-9-25(15-24)20(4)33-30(35)26-10-11-28-27(16-26)19(3)21(5)34(28)17-23-12-13-32-29(14-23)38-22(6)31(36)37/h7-16,18,20,22H,17H2,1-6H3,(H,33,35)(H,36,37)/t20-,22?/m0/s1. The van der Waals surface area contributed by atoms with E-state index in [1.54, 1.807) is 12.3 Å². The summed E-state index contributed by atoms with van der Waals surface area (Å²) in [6, 6.07) is 17.7. The molecule has 1 unspecified atom stereocenters. The number of nitrogens with one attached hydrogen (secondary N) is 1. The maximum atomic E-state index is 13.2. The first-order valence-electron chi connectivity index (χ1n) is 12.9. The summed E-state index contributed by atoms with van der Waals surface area (Å²) in [5, 5.41) is 13.3. The molecule has 4 rings (SSSR count). The van der Waals surface area contributed by atoms with Crippen LogP contribution in [0.5, 0.6) is 5.88 Å². The van der Waals surface area contributed by atoms with E-state index in [4.69, 9.17) is 9.84 Å². The number of aromatic nitrogens is 2. The summed E-state index contributed by atoms with van der Waals surface area (Å²) in [4.78, 5) is 28.5. The molecular weight excluding hydrogens is 478 g/mol. The van der Waals surface area contributed by atoms with Crippen molar-refractivity contribution in [2.75, 3.05) is 0 Å². The minimum atomic E-state index is -1.04. The molecule has 0 saturated heterocycles. The van der Waals surface area contributed by atoms with Crippen LogP contribution in [0.3, 0.4) is 0 Å². The van der Waals surface area contributed by atoms with Gasteiger partial charge in [0.1, 0.15) is 0 Å². The van der Waals surface area contributed by atoms with Crippen LogP contribution in [0.25, 0.3) is 10.9 Å². The summed E-state index contributed by atoms with van der Waals surface area (Å²) in [6.45, 7) is 12.5. The van der Waals surface area contributed by atoms with E-state index in [1.165, 1.54) is 12.5 Å². The lowest BCUT2D eigenvalue weighted by Gasteiger charge is -2.16. The number of fused-ring (bicyclic) bond motifs is 1. The molecule has 1 amide bonds. The Morgan fingerprint density at radius 1 is 1.00 bits per heavy atom. The summed E-state index contributed by atoms with van der Waals surface area (Å²) >= 11 is 0. The monoisotopic (exact) mass is 513 g/mol. The minimum absolute atomic E-state index is 0.109. The summed E-state index contributed by atoms with van der Waals surface area (Å²) < 4.78 is 7.62. The lowest BCUT2D eigenvalue weighted by Crippen LogP contribution is -2.26. The highest BCUT2D eigenvalue weighted by Gasteiger charge is 2.18. The number of carboxylic acids is 1. The number of carbonyl (C=O) groups is 2. The van der Waals surface area contributed by atoms with Crippen LogP contribution < -0.4 is 10.1 Å². The summed E-state index contributed by atoms with van der Waals surface area (Å²) in [5.74, 6) is -0.452. The van der Waals surface area contributed by atoms with Crippen LogP contribution in [0, 0.1) is 13.8 Å². The molecule has 0 aliphatic rings. The van der Waals surface area contributed by atoms with Crippen molar-refractivity contribution in [3.8, 4) is 5.88 Å². The smallest absolute Gasteiger partial charge is 0.344 e. The Bertz CT molecular complexity index is 1490.